The smallest absolute Gasteiger partial charge is 0.136 e. The van der Waals surface area contributed by atoms with E-state index in [1.165, 1.54) is 0 Å². The number of fused-ring (bicyclic) bond motifs is 6. The van der Waals surface area contributed by atoms with Crippen LogP contribution in [0.15, 0.2) is 186 Å². The molecule has 1 heteroatoms. The molecule has 0 atom stereocenters. The third kappa shape index (κ3) is 4.40. The second-order valence-corrected chi connectivity index (χ2v) is 10.5. The Kier molecular flexibility index (Phi) is 2.50. The number of hydrogen-bond acceptors (Lipinski definition) is 1. The van der Waals surface area contributed by atoms with Crippen LogP contribution >= 0.6 is 0 Å². The molecule has 0 amide bonds. The number of hydrogen-bond donors (Lipinski definition) is 0. The molecular formula is C48H30O. The van der Waals surface area contributed by atoms with Crippen LogP contribution < -0.4 is 0 Å². The largest absolute Gasteiger partial charge is 0.456 e. The van der Waals surface area contributed by atoms with Gasteiger partial charge in [0.05, 0.1) is 41.1 Å². The van der Waals surface area contributed by atoms with Crippen molar-refractivity contribution in [1.29, 1.82) is 0 Å². The van der Waals surface area contributed by atoms with E-state index in [2.05, 4.69) is 0 Å². The van der Waals surface area contributed by atoms with Crippen LogP contribution in [-0.2, 0) is 0 Å². The van der Waals surface area contributed by atoms with Gasteiger partial charge in [0.1, 0.15) is 11.2 Å². The summed E-state index contributed by atoms with van der Waals surface area (Å²) in [5.41, 5.74) is -7.86. The van der Waals surface area contributed by atoms with E-state index in [4.69, 9.17) is 31.8 Å². The van der Waals surface area contributed by atoms with Gasteiger partial charge in [-0.05, 0) is 95.0 Å². The van der Waals surface area contributed by atoms with Gasteiger partial charge in [0, 0.05) is 10.8 Å². The van der Waals surface area contributed by atoms with Crippen LogP contribution in [0.5, 0.6) is 0 Å². The fourth-order valence-corrected chi connectivity index (χ4v) is 5.85. The van der Waals surface area contributed by atoms with Gasteiger partial charge in [-0.2, -0.15) is 0 Å². The summed E-state index contributed by atoms with van der Waals surface area (Å²) < 4.78 is 276. The van der Waals surface area contributed by atoms with Crippen molar-refractivity contribution >= 4 is 54.3 Å². The lowest BCUT2D eigenvalue weighted by Crippen LogP contribution is -1.91. The number of furan rings is 1. The maximum Gasteiger partial charge on any atom is 0.136 e. The summed E-state index contributed by atoms with van der Waals surface area (Å²) in [7, 11) is 0. The maximum absolute atomic E-state index is 9.64. The van der Waals surface area contributed by atoms with Crippen molar-refractivity contribution in [3.8, 4) is 44.5 Å². The Bertz CT molecular complexity index is 4460. The van der Waals surface area contributed by atoms with Crippen LogP contribution in [0.4, 0.5) is 0 Å². The molecule has 0 aliphatic heterocycles. The highest BCUT2D eigenvalue weighted by Gasteiger charge is 2.21. The summed E-state index contributed by atoms with van der Waals surface area (Å²) in [6.45, 7) is 0. The number of rotatable bonds is 4. The van der Waals surface area contributed by atoms with E-state index in [-0.39, 0.29) is 0 Å². The van der Waals surface area contributed by atoms with Gasteiger partial charge in [-0.1, -0.05) is 163 Å². The average Bonchev–Trinajstić information content (AvgIpc) is 4.07. The molecule has 0 N–H and O–H groups in total. The first-order valence-corrected chi connectivity index (χ1v) is 14.4. The van der Waals surface area contributed by atoms with Crippen molar-refractivity contribution in [2.45, 2.75) is 0 Å². The predicted octanol–water partition coefficient (Wildman–Crippen LogP) is 13.7. The van der Waals surface area contributed by atoms with Gasteiger partial charge in [-0.25, -0.2) is 0 Å². The molecule has 0 fully saturated rings. The lowest BCUT2D eigenvalue weighted by molar-refractivity contribution is 0.669. The molecule has 0 spiro atoms. The van der Waals surface area contributed by atoms with Crippen LogP contribution in [0.25, 0.3) is 98.8 Å². The Morgan fingerprint density at radius 3 is 1.51 bits per heavy atom. The molecule has 0 saturated carbocycles. The zero-order valence-corrected chi connectivity index (χ0v) is 24.4. The Morgan fingerprint density at radius 2 is 0.837 bits per heavy atom. The van der Waals surface area contributed by atoms with Crippen molar-refractivity contribution in [1.82, 2.24) is 0 Å². The number of benzene rings is 9. The van der Waals surface area contributed by atoms with Crippen molar-refractivity contribution in [3.05, 3.63) is 181 Å². The van der Waals surface area contributed by atoms with Crippen molar-refractivity contribution in [2.24, 2.45) is 0 Å². The molecule has 228 valence electrons. The van der Waals surface area contributed by atoms with Gasteiger partial charge in [-0.15, -0.1) is 0 Å². The zero-order valence-electron chi connectivity index (χ0n) is 54.4. The summed E-state index contributed by atoms with van der Waals surface area (Å²) in [6, 6.07) is -29.3. The third-order valence-electron chi connectivity index (χ3n) is 7.89. The minimum absolute atomic E-state index is 0.559. The topological polar surface area (TPSA) is 13.1 Å². The quantitative estimate of drug-likeness (QED) is 0.172. The minimum Gasteiger partial charge on any atom is -0.456 e. The lowest BCUT2D eigenvalue weighted by atomic mass is 9.84. The maximum atomic E-state index is 9.64. The Balaban J connectivity index is 1.49. The Hall–Kier alpha value is -6.44. The molecule has 0 aliphatic carbocycles. The van der Waals surface area contributed by atoms with E-state index >= 15 is 0 Å². The molecule has 0 unspecified atom stereocenters. The average molecular weight is 653 g/mol. The van der Waals surface area contributed by atoms with Crippen LogP contribution in [-0.4, -0.2) is 0 Å². The van der Waals surface area contributed by atoms with Gasteiger partial charge in [0.25, 0.3) is 0 Å². The first-order valence-electron chi connectivity index (χ1n) is 29.4. The van der Waals surface area contributed by atoms with E-state index in [0.29, 0.717) is 0 Å². The van der Waals surface area contributed by atoms with E-state index in [0.717, 1.165) is 0 Å². The highest BCUT2D eigenvalue weighted by atomic mass is 16.3. The summed E-state index contributed by atoms with van der Waals surface area (Å²) >= 11 is 0. The van der Waals surface area contributed by atoms with E-state index in [9.17, 15) is 13.7 Å². The highest BCUT2D eigenvalue weighted by molar-refractivity contribution is 6.26. The van der Waals surface area contributed by atoms with Gasteiger partial charge in [-0.3, -0.25) is 0 Å². The fourth-order valence-electron chi connectivity index (χ4n) is 5.85. The fraction of sp³-hybridized carbons (Fsp3) is 0. The molecule has 0 radical (unpaired) electrons. The standard InChI is InChI=1S/C48H30O/c1-2-13-33(14-3-1)37-20-10-22-43-47(37)48-42(21-11-23-44(48)49-43)46-40-18-8-6-16-38(40)45(39-17-7-9-19-41(39)46)34-27-24-32(25-28-34)36-29-26-31-12-4-5-15-35(31)30-36/h1-30H/i1D,2D,3D,4D,5D,6D,7D,8D,9D,10D,11D,12D,13D,14D,15D,16D,17D,18D,19D,20D,21D,22D,23D,24D,25D,26D,27D,28D,29D,30D. The molecule has 1 aromatic heterocycles. The van der Waals surface area contributed by atoms with Gasteiger partial charge < -0.3 is 4.42 Å². The summed E-state index contributed by atoms with van der Waals surface area (Å²) in [5.74, 6) is 0. The summed E-state index contributed by atoms with van der Waals surface area (Å²) in [5, 5.41) is -5.64. The van der Waals surface area contributed by atoms with Crippen molar-refractivity contribution in [2.75, 3.05) is 0 Å². The molecule has 0 saturated heterocycles. The molecule has 10 aromatic rings. The van der Waals surface area contributed by atoms with Crippen molar-refractivity contribution in [3.63, 3.8) is 0 Å². The van der Waals surface area contributed by atoms with E-state index < -0.39 is 280 Å². The first-order chi connectivity index (χ1) is 36.8. The van der Waals surface area contributed by atoms with Crippen LogP contribution in [0.3, 0.4) is 0 Å². The van der Waals surface area contributed by atoms with Crippen LogP contribution in [0, 0.1) is 0 Å². The van der Waals surface area contributed by atoms with Crippen LogP contribution in [0.1, 0.15) is 41.1 Å². The second-order valence-electron chi connectivity index (χ2n) is 10.5. The van der Waals surface area contributed by atoms with Gasteiger partial charge >= 0.3 is 0 Å². The SMILES string of the molecule is [2H]c1c([2H])c([2H])c(-c2c([2H])c([2H])c([2H])c3oc4c([2H])c([2H])c([2H])c(-c5c6c([2H])c([2H])c([2H])c([2H])c6c(-c6c([2H])c([2H])c(-c7c([2H])c([2H])c8c([2H])c([2H])c([2H])c([2H])c8c7[2H])c([2H])c6[2H])c6c([2H])c([2H])c([2H])c([2H])c56)c4c23)c([2H])c1[2H]. The Labute approximate surface area is 326 Å². The minimum atomic E-state index is -1.14. The van der Waals surface area contributed by atoms with E-state index in [1.807, 2.05) is 0 Å². The summed E-state index contributed by atoms with van der Waals surface area (Å²) in [4.78, 5) is 0. The monoisotopic (exact) mass is 652 g/mol. The lowest BCUT2D eigenvalue weighted by Gasteiger charge is -2.18. The first kappa shape index (κ1) is 11.1. The molecule has 0 bridgehead atoms. The molecule has 9 aromatic carbocycles. The molecule has 1 heterocycles. The van der Waals surface area contributed by atoms with E-state index in [1.54, 1.807) is 0 Å². The molecule has 1 nitrogen and oxygen atoms in total. The third-order valence-corrected chi connectivity index (χ3v) is 7.89. The highest BCUT2D eigenvalue weighted by Crippen LogP contribution is 2.48. The summed E-state index contributed by atoms with van der Waals surface area (Å²) in [6.07, 6.45) is 0. The predicted molar refractivity (Wildman–Crippen MR) is 208 cm³/mol. The molecule has 49 heavy (non-hydrogen) atoms. The van der Waals surface area contributed by atoms with Gasteiger partial charge in [0.15, 0.2) is 0 Å². The van der Waals surface area contributed by atoms with Crippen LogP contribution in [0.2, 0.25) is 0 Å². The van der Waals surface area contributed by atoms with Crippen molar-refractivity contribution < 1.29 is 45.5 Å². The van der Waals surface area contributed by atoms with Gasteiger partial charge in [0.2, 0.25) is 0 Å². The second kappa shape index (κ2) is 11.1. The molecule has 0 aliphatic rings. The normalized spacial score (nSPS) is 20.2. The Morgan fingerprint density at radius 1 is 0.327 bits per heavy atom. The zero-order chi connectivity index (χ0) is 58.4. The molecule has 10 rings (SSSR count). The molecular weight excluding hydrogens is 593 g/mol.